The molecule has 0 bridgehead atoms. The van der Waals surface area contributed by atoms with Crippen molar-refractivity contribution < 1.29 is 14.3 Å². The second kappa shape index (κ2) is 10.9. The van der Waals surface area contributed by atoms with Gasteiger partial charge in [0, 0.05) is 43.2 Å². The van der Waals surface area contributed by atoms with Crippen LogP contribution in [0.15, 0.2) is 72.8 Å². The van der Waals surface area contributed by atoms with Gasteiger partial charge in [-0.15, -0.1) is 0 Å². The average Bonchev–Trinajstić information content (AvgIpc) is 2.85. The smallest absolute Gasteiger partial charge is 0.330 e. The zero-order valence-corrected chi connectivity index (χ0v) is 19.0. The fourth-order valence-electron chi connectivity index (χ4n) is 3.49. The molecule has 33 heavy (non-hydrogen) atoms. The van der Waals surface area contributed by atoms with E-state index in [4.69, 9.17) is 5.41 Å². The van der Waals surface area contributed by atoms with Crippen LogP contribution in [0.1, 0.15) is 23.6 Å². The van der Waals surface area contributed by atoms with Crippen LogP contribution in [0.25, 0.3) is 17.2 Å². The van der Waals surface area contributed by atoms with Crippen molar-refractivity contribution in [1.29, 1.82) is 5.41 Å². The van der Waals surface area contributed by atoms with Gasteiger partial charge in [0.2, 0.25) is 5.91 Å². The summed E-state index contributed by atoms with van der Waals surface area (Å²) in [7, 11) is 3.17. The molecule has 1 amide bonds. The molecule has 0 saturated carbocycles. The van der Waals surface area contributed by atoms with Gasteiger partial charge in [-0.05, 0) is 52.6 Å². The van der Waals surface area contributed by atoms with E-state index in [0.29, 0.717) is 6.54 Å². The Balaban J connectivity index is 1.81. The highest BCUT2D eigenvalue weighted by Crippen LogP contribution is 2.26. The molecule has 3 aromatic rings. The van der Waals surface area contributed by atoms with Gasteiger partial charge in [-0.2, -0.15) is 0 Å². The summed E-state index contributed by atoms with van der Waals surface area (Å²) in [6.07, 6.45) is 4.34. The van der Waals surface area contributed by atoms with Crippen molar-refractivity contribution in [3.63, 3.8) is 0 Å². The Bertz CT molecular complexity index is 1180. The lowest BCUT2D eigenvalue weighted by Crippen LogP contribution is -2.27. The number of carbonyl (C=O) groups is 2. The molecule has 6 nitrogen and oxygen atoms in total. The van der Waals surface area contributed by atoms with E-state index < -0.39 is 5.97 Å². The molecular formula is C27H27N3O3. The monoisotopic (exact) mass is 441 g/mol. The van der Waals surface area contributed by atoms with Crippen LogP contribution >= 0.6 is 0 Å². The summed E-state index contributed by atoms with van der Waals surface area (Å²) in [6, 6.07) is 21.4. The van der Waals surface area contributed by atoms with Crippen LogP contribution in [0, 0.1) is 5.41 Å². The fourth-order valence-corrected chi connectivity index (χ4v) is 3.49. The summed E-state index contributed by atoms with van der Waals surface area (Å²) in [6.45, 7) is 1.96. The minimum absolute atomic E-state index is 0.0774. The molecule has 0 heterocycles. The molecule has 0 saturated heterocycles. The molecule has 3 rings (SSSR count). The highest BCUT2D eigenvalue weighted by Gasteiger charge is 2.13. The normalized spacial score (nSPS) is 10.6. The molecular weight excluding hydrogens is 414 g/mol. The summed E-state index contributed by atoms with van der Waals surface area (Å²) in [5.74, 6) is -0.510. The Morgan fingerprint density at radius 2 is 1.76 bits per heavy atom. The fraction of sp³-hybridized carbons (Fsp3) is 0.148. The number of methoxy groups -OCH3 is 1. The first-order valence-electron chi connectivity index (χ1n) is 10.5. The van der Waals surface area contributed by atoms with Crippen LogP contribution in [-0.4, -0.2) is 32.2 Å². The van der Waals surface area contributed by atoms with Gasteiger partial charge in [0.1, 0.15) is 0 Å². The van der Waals surface area contributed by atoms with E-state index in [9.17, 15) is 9.59 Å². The zero-order valence-electron chi connectivity index (χ0n) is 19.0. The van der Waals surface area contributed by atoms with Crippen molar-refractivity contribution in [1.82, 2.24) is 0 Å². The Hall–Kier alpha value is -4.19. The number of carbonyl (C=O) groups excluding carboxylic acids is 2. The van der Waals surface area contributed by atoms with Crippen LogP contribution in [0.2, 0.25) is 0 Å². The van der Waals surface area contributed by atoms with Crippen molar-refractivity contribution in [2.24, 2.45) is 0 Å². The molecule has 0 unspecified atom stereocenters. The number of rotatable bonds is 8. The largest absolute Gasteiger partial charge is 0.466 e. The van der Waals surface area contributed by atoms with Crippen LogP contribution < -0.4 is 10.2 Å². The maximum Gasteiger partial charge on any atom is 0.330 e. The first kappa shape index (κ1) is 23.5. The molecule has 0 fully saturated rings. The number of esters is 1. The van der Waals surface area contributed by atoms with Crippen LogP contribution in [0.5, 0.6) is 0 Å². The number of benzene rings is 3. The van der Waals surface area contributed by atoms with Gasteiger partial charge in [0.15, 0.2) is 0 Å². The second-order valence-corrected chi connectivity index (χ2v) is 7.45. The maximum atomic E-state index is 12.4. The third kappa shape index (κ3) is 5.95. The average molecular weight is 442 g/mol. The standard InChI is InChI=1S/C27H27N3O3/c1-19(31)30(25-6-4-5-20(15-25)9-14-27(32)33-3)18-21-7-10-22(11-8-21)23-12-13-26(29-2)24(16-23)17-28/h4-17,28-29H,18H2,1-3H3/b14-9+,28-17?. The highest BCUT2D eigenvalue weighted by atomic mass is 16.5. The van der Waals surface area contributed by atoms with Crippen molar-refractivity contribution in [3.8, 4) is 11.1 Å². The van der Waals surface area contributed by atoms with E-state index >= 15 is 0 Å². The Morgan fingerprint density at radius 3 is 2.39 bits per heavy atom. The molecule has 0 aliphatic heterocycles. The Kier molecular flexibility index (Phi) is 7.76. The summed E-state index contributed by atoms with van der Waals surface area (Å²) in [4.78, 5) is 25.5. The third-order valence-electron chi connectivity index (χ3n) is 5.28. The van der Waals surface area contributed by atoms with Crippen LogP contribution in [0.4, 0.5) is 11.4 Å². The molecule has 3 aromatic carbocycles. The van der Waals surface area contributed by atoms with Gasteiger partial charge >= 0.3 is 5.97 Å². The number of amides is 1. The first-order chi connectivity index (χ1) is 15.9. The van der Waals surface area contributed by atoms with Crippen LogP contribution in [-0.2, 0) is 20.9 Å². The van der Waals surface area contributed by atoms with E-state index in [0.717, 1.165) is 39.2 Å². The van der Waals surface area contributed by atoms with E-state index in [1.54, 1.807) is 11.0 Å². The van der Waals surface area contributed by atoms with Gasteiger partial charge in [0.25, 0.3) is 0 Å². The molecule has 0 spiro atoms. The number of hydrogen-bond donors (Lipinski definition) is 2. The molecule has 2 N–H and O–H groups in total. The number of ether oxygens (including phenoxy) is 1. The van der Waals surface area contributed by atoms with Crippen LogP contribution in [0.3, 0.4) is 0 Å². The third-order valence-corrected chi connectivity index (χ3v) is 5.28. The van der Waals surface area contributed by atoms with Gasteiger partial charge in [0.05, 0.1) is 13.7 Å². The summed E-state index contributed by atoms with van der Waals surface area (Å²) < 4.78 is 4.63. The number of nitrogens with zero attached hydrogens (tertiary/aromatic N) is 1. The van der Waals surface area contributed by atoms with Crippen molar-refractivity contribution in [2.75, 3.05) is 24.4 Å². The quantitative estimate of drug-likeness (QED) is 0.288. The van der Waals surface area contributed by atoms with Crippen molar-refractivity contribution >= 4 is 35.5 Å². The topological polar surface area (TPSA) is 82.5 Å². The lowest BCUT2D eigenvalue weighted by molar-refractivity contribution is -0.134. The predicted molar refractivity (Wildman–Crippen MR) is 134 cm³/mol. The molecule has 0 aromatic heterocycles. The SMILES string of the molecule is CNc1ccc(-c2ccc(CN(C(C)=O)c3cccc(/C=C/C(=O)OC)c3)cc2)cc1C=N. The van der Waals surface area contributed by atoms with Gasteiger partial charge < -0.3 is 20.4 Å². The van der Waals surface area contributed by atoms with E-state index in [1.807, 2.05) is 73.8 Å². The minimum Gasteiger partial charge on any atom is -0.466 e. The number of hydrogen-bond acceptors (Lipinski definition) is 5. The molecule has 0 aliphatic carbocycles. The predicted octanol–water partition coefficient (Wildman–Crippen LogP) is 5.13. The molecule has 0 atom stereocenters. The van der Waals surface area contributed by atoms with Gasteiger partial charge in [-0.3, -0.25) is 4.79 Å². The number of nitrogens with one attached hydrogen (secondary N) is 2. The number of anilines is 2. The lowest BCUT2D eigenvalue weighted by Gasteiger charge is -2.22. The molecule has 0 aliphatic rings. The lowest BCUT2D eigenvalue weighted by atomic mass is 10.0. The van der Waals surface area contributed by atoms with E-state index in [2.05, 4.69) is 10.1 Å². The molecule has 168 valence electrons. The summed E-state index contributed by atoms with van der Waals surface area (Å²) >= 11 is 0. The highest BCUT2D eigenvalue weighted by molar-refractivity contribution is 5.92. The molecule has 0 radical (unpaired) electrons. The van der Waals surface area contributed by atoms with E-state index in [-0.39, 0.29) is 5.91 Å². The Morgan fingerprint density at radius 1 is 1.03 bits per heavy atom. The second-order valence-electron chi connectivity index (χ2n) is 7.45. The Labute approximate surface area is 194 Å². The van der Waals surface area contributed by atoms with Gasteiger partial charge in [-0.25, -0.2) is 4.79 Å². The summed E-state index contributed by atoms with van der Waals surface area (Å²) in [5.41, 5.74) is 6.32. The van der Waals surface area contributed by atoms with E-state index in [1.165, 1.54) is 26.3 Å². The van der Waals surface area contributed by atoms with Crippen molar-refractivity contribution in [3.05, 3.63) is 89.5 Å². The summed E-state index contributed by atoms with van der Waals surface area (Å²) in [5, 5.41) is 10.7. The first-order valence-corrected chi connectivity index (χ1v) is 10.5. The minimum atomic E-state index is -0.433. The maximum absolute atomic E-state index is 12.4. The van der Waals surface area contributed by atoms with Gasteiger partial charge in [-0.1, -0.05) is 42.5 Å². The molecule has 6 heteroatoms. The van der Waals surface area contributed by atoms with Crippen molar-refractivity contribution in [2.45, 2.75) is 13.5 Å². The zero-order chi connectivity index (χ0) is 23.8.